The van der Waals surface area contributed by atoms with E-state index >= 15 is 0 Å². The number of nitrogens with zero attached hydrogens (tertiary/aromatic N) is 1. The molecule has 0 saturated heterocycles. The number of hydrogen-bond acceptors (Lipinski definition) is 1. The Morgan fingerprint density at radius 3 is 2.33 bits per heavy atom. The van der Waals surface area contributed by atoms with Crippen LogP contribution in [0, 0.1) is 5.92 Å². The van der Waals surface area contributed by atoms with Gasteiger partial charge in [0.25, 0.3) is 0 Å². The van der Waals surface area contributed by atoms with E-state index in [0.717, 1.165) is 12.1 Å². The second-order valence-electron chi connectivity index (χ2n) is 2.54. The van der Waals surface area contributed by atoms with Gasteiger partial charge in [-0.2, -0.15) is 0 Å². The maximum atomic E-state index is 3.86. The lowest BCUT2D eigenvalue weighted by Gasteiger charge is -2.02. The maximum absolute atomic E-state index is 3.86. The fraction of sp³-hybridized carbons (Fsp3) is 0.625. The quantitative estimate of drug-likeness (QED) is 0.514. The van der Waals surface area contributed by atoms with Gasteiger partial charge in [-0.25, -0.2) is 0 Å². The molecule has 0 amide bonds. The molecule has 0 spiro atoms. The Labute approximate surface area is 57.5 Å². The van der Waals surface area contributed by atoms with E-state index in [1.54, 1.807) is 0 Å². The van der Waals surface area contributed by atoms with Gasteiger partial charge in [-0.1, -0.05) is 19.9 Å². The van der Waals surface area contributed by atoms with Crippen LogP contribution in [0.3, 0.4) is 0 Å². The summed E-state index contributed by atoms with van der Waals surface area (Å²) in [7, 11) is 0. The highest BCUT2D eigenvalue weighted by Crippen LogP contribution is 2.09. The van der Waals surface area contributed by atoms with Crippen molar-refractivity contribution in [2.24, 2.45) is 10.9 Å². The van der Waals surface area contributed by atoms with Gasteiger partial charge in [0, 0.05) is 5.70 Å². The predicted molar refractivity (Wildman–Crippen MR) is 42.8 cm³/mol. The zero-order chi connectivity index (χ0) is 7.28. The molecule has 0 atom stereocenters. The van der Waals surface area contributed by atoms with Crippen molar-refractivity contribution in [3.8, 4) is 0 Å². The normalized spacial score (nSPS) is 12.2. The van der Waals surface area contributed by atoms with Crippen LogP contribution in [-0.4, -0.2) is 6.72 Å². The average molecular weight is 125 g/mol. The first-order valence-corrected chi connectivity index (χ1v) is 3.32. The lowest BCUT2D eigenvalue weighted by atomic mass is 10.1. The van der Waals surface area contributed by atoms with Crippen molar-refractivity contribution in [2.45, 2.75) is 27.2 Å². The van der Waals surface area contributed by atoms with Crippen LogP contribution in [0.1, 0.15) is 27.2 Å². The van der Waals surface area contributed by atoms with Crippen LogP contribution in [0.2, 0.25) is 0 Å². The fourth-order valence-corrected chi connectivity index (χ4v) is 0.692. The molecule has 0 aliphatic rings. The van der Waals surface area contributed by atoms with E-state index < -0.39 is 0 Å². The lowest BCUT2D eigenvalue weighted by Crippen LogP contribution is -1.87. The van der Waals surface area contributed by atoms with E-state index in [-0.39, 0.29) is 0 Å². The van der Waals surface area contributed by atoms with Crippen LogP contribution in [0.25, 0.3) is 0 Å². The van der Waals surface area contributed by atoms with Crippen LogP contribution in [0.5, 0.6) is 0 Å². The van der Waals surface area contributed by atoms with E-state index in [2.05, 4.69) is 25.6 Å². The van der Waals surface area contributed by atoms with Gasteiger partial charge in [0.15, 0.2) is 0 Å². The van der Waals surface area contributed by atoms with Gasteiger partial charge in [-0.15, -0.1) is 0 Å². The van der Waals surface area contributed by atoms with Gasteiger partial charge in [-0.05, 0) is 26.0 Å². The lowest BCUT2D eigenvalue weighted by molar-refractivity contribution is 0.638. The van der Waals surface area contributed by atoms with E-state index in [4.69, 9.17) is 0 Å². The van der Waals surface area contributed by atoms with Crippen molar-refractivity contribution in [1.82, 2.24) is 0 Å². The topological polar surface area (TPSA) is 12.4 Å². The third-order valence-corrected chi connectivity index (χ3v) is 1.15. The Balaban J connectivity index is 3.71. The van der Waals surface area contributed by atoms with Crippen LogP contribution in [0.15, 0.2) is 16.8 Å². The summed E-state index contributed by atoms with van der Waals surface area (Å²) in [5.41, 5.74) is 1.10. The van der Waals surface area contributed by atoms with Crippen LogP contribution in [-0.2, 0) is 0 Å². The molecule has 0 bridgehead atoms. The van der Waals surface area contributed by atoms with Gasteiger partial charge < -0.3 is 0 Å². The molecule has 52 valence electrons. The molecule has 0 N–H and O–H groups in total. The summed E-state index contributed by atoms with van der Waals surface area (Å²) in [5.74, 6) is 0.682. The molecular weight excluding hydrogens is 110 g/mol. The van der Waals surface area contributed by atoms with E-state index in [1.165, 1.54) is 0 Å². The Morgan fingerprint density at radius 1 is 1.67 bits per heavy atom. The molecule has 0 aromatic heterocycles. The van der Waals surface area contributed by atoms with Crippen molar-refractivity contribution < 1.29 is 0 Å². The second kappa shape index (κ2) is 4.30. The van der Waals surface area contributed by atoms with Crippen molar-refractivity contribution in [2.75, 3.05) is 0 Å². The summed E-state index contributed by atoms with van der Waals surface area (Å²) >= 11 is 0. The maximum Gasteiger partial charge on any atom is 0.0356 e. The Kier molecular flexibility index (Phi) is 4.02. The average Bonchev–Trinajstić information content (AvgIpc) is 1.82. The van der Waals surface area contributed by atoms with Crippen molar-refractivity contribution in [1.29, 1.82) is 0 Å². The number of allylic oxidation sites excluding steroid dienone is 2. The molecule has 9 heavy (non-hydrogen) atoms. The van der Waals surface area contributed by atoms with E-state index in [9.17, 15) is 0 Å². The Bertz CT molecular complexity index is 112. The van der Waals surface area contributed by atoms with Gasteiger partial charge in [0.05, 0.1) is 0 Å². The molecule has 0 radical (unpaired) electrons. The first-order valence-electron chi connectivity index (χ1n) is 3.32. The first-order chi connectivity index (χ1) is 4.20. The molecule has 0 fully saturated rings. The standard InChI is InChI=1S/C8H15N/c1-5-8(9-4)6-7(2)3/h5,7H,4,6H2,1-3H3. The third-order valence-electron chi connectivity index (χ3n) is 1.15. The summed E-state index contributed by atoms with van der Waals surface area (Å²) in [4.78, 5) is 3.86. The van der Waals surface area contributed by atoms with Gasteiger partial charge in [-0.3, -0.25) is 4.99 Å². The molecule has 0 aromatic carbocycles. The molecule has 1 heteroatoms. The zero-order valence-electron chi connectivity index (χ0n) is 6.52. The molecule has 0 rings (SSSR count). The molecule has 0 saturated carbocycles. The summed E-state index contributed by atoms with van der Waals surface area (Å²) in [6, 6.07) is 0. The van der Waals surface area contributed by atoms with Crippen LogP contribution in [0.4, 0.5) is 0 Å². The highest BCUT2D eigenvalue weighted by atomic mass is 14.7. The highest BCUT2D eigenvalue weighted by molar-refractivity contribution is 5.28. The largest absolute Gasteiger partial charge is 0.269 e. The van der Waals surface area contributed by atoms with Gasteiger partial charge >= 0.3 is 0 Å². The predicted octanol–water partition coefficient (Wildman–Crippen LogP) is 2.64. The van der Waals surface area contributed by atoms with Gasteiger partial charge in [0.1, 0.15) is 0 Å². The smallest absolute Gasteiger partial charge is 0.0356 e. The monoisotopic (exact) mass is 125 g/mol. The van der Waals surface area contributed by atoms with Crippen molar-refractivity contribution >= 4 is 6.72 Å². The first kappa shape index (κ1) is 8.41. The minimum atomic E-state index is 0.682. The third kappa shape index (κ3) is 3.95. The summed E-state index contributed by atoms with van der Waals surface area (Å²) < 4.78 is 0. The number of rotatable bonds is 3. The zero-order valence-corrected chi connectivity index (χ0v) is 6.52. The molecular formula is C8H15N. The Morgan fingerprint density at radius 2 is 2.22 bits per heavy atom. The minimum Gasteiger partial charge on any atom is -0.269 e. The summed E-state index contributed by atoms with van der Waals surface area (Å²) in [6.07, 6.45) is 3.05. The minimum absolute atomic E-state index is 0.682. The van der Waals surface area contributed by atoms with E-state index in [0.29, 0.717) is 5.92 Å². The molecule has 0 unspecified atom stereocenters. The second-order valence-corrected chi connectivity index (χ2v) is 2.54. The highest BCUT2D eigenvalue weighted by Gasteiger charge is 1.95. The van der Waals surface area contributed by atoms with Crippen LogP contribution >= 0.6 is 0 Å². The van der Waals surface area contributed by atoms with Gasteiger partial charge in [0.2, 0.25) is 0 Å². The van der Waals surface area contributed by atoms with Crippen molar-refractivity contribution in [3.63, 3.8) is 0 Å². The summed E-state index contributed by atoms with van der Waals surface area (Å²) in [6.45, 7) is 9.81. The molecule has 0 aliphatic carbocycles. The summed E-state index contributed by atoms with van der Waals surface area (Å²) in [5, 5.41) is 0. The van der Waals surface area contributed by atoms with Crippen LogP contribution < -0.4 is 0 Å². The van der Waals surface area contributed by atoms with E-state index in [1.807, 2.05) is 13.0 Å². The number of hydrogen-bond donors (Lipinski definition) is 0. The SMILES string of the molecule is C=NC(=CC)CC(C)C. The molecule has 0 aliphatic heterocycles. The molecule has 0 aromatic rings. The fourth-order valence-electron chi connectivity index (χ4n) is 0.692. The van der Waals surface area contributed by atoms with Crippen molar-refractivity contribution in [3.05, 3.63) is 11.8 Å². The Hall–Kier alpha value is -0.590. The molecule has 0 heterocycles. The molecule has 1 nitrogen and oxygen atoms in total. The number of aliphatic imine (C=N–C) groups is 1.